The largest absolute Gasteiger partial charge is 1.00 e. The van der Waals surface area contributed by atoms with E-state index in [0.29, 0.717) is 11.6 Å². The summed E-state index contributed by atoms with van der Waals surface area (Å²) in [5.74, 6) is 0. The van der Waals surface area contributed by atoms with Gasteiger partial charge in [0.25, 0.3) is 0 Å². The molecule has 3 rings (SSSR count). The number of nitrogens with zero attached hydrogens (tertiary/aromatic N) is 1. The molecule has 0 bridgehead atoms. The molecule has 0 amide bonds. The van der Waals surface area contributed by atoms with Crippen LogP contribution in [0.5, 0.6) is 0 Å². The van der Waals surface area contributed by atoms with Crippen molar-refractivity contribution in [3.05, 3.63) is 58.6 Å². The van der Waals surface area contributed by atoms with E-state index in [0.717, 1.165) is 15.8 Å². The molecule has 0 radical (unpaired) electrons. The average molecular weight is 420 g/mol. The topological polar surface area (TPSA) is 64.0 Å². The summed E-state index contributed by atoms with van der Waals surface area (Å²) in [4.78, 5) is 0.123. The fraction of sp³-hybridized carbons (Fsp3) is 0.0714. The summed E-state index contributed by atoms with van der Waals surface area (Å²) in [7, 11) is -3.64. The molecule has 116 valence electrons. The zero-order chi connectivity index (χ0) is 15.0. The first-order chi connectivity index (χ1) is 9.93. The highest BCUT2D eigenvalue weighted by Gasteiger charge is 2.13. The second-order valence-corrected chi connectivity index (χ2v) is 7.54. The molecule has 3 aromatic rings. The van der Waals surface area contributed by atoms with Gasteiger partial charge in [0.15, 0.2) is 6.54 Å². The van der Waals surface area contributed by atoms with E-state index in [-0.39, 0.29) is 21.9 Å². The number of aromatic nitrogens is 1. The standard InChI is InChI=1S/C14H12ClN2O2S2.BrH/c15-11-3-6-13-14(7-11)20-9-17(13)8-10-1-4-12(5-2-10)21(16,18)19;/h1-7,9H,8H2,(H2,16,18,19);1H/q+1;/p-1. The maximum absolute atomic E-state index is 11.2. The third-order valence-corrected chi connectivity index (χ3v) is 5.25. The molecule has 0 aliphatic rings. The summed E-state index contributed by atoms with van der Waals surface area (Å²) in [6.45, 7) is 0.659. The second-order valence-electron chi connectivity index (χ2n) is 4.65. The molecule has 22 heavy (non-hydrogen) atoms. The zero-order valence-electron chi connectivity index (χ0n) is 11.2. The van der Waals surface area contributed by atoms with Crippen LogP contribution in [0.4, 0.5) is 0 Å². The van der Waals surface area contributed by atoms with Gasteiger partial charge in [0, 0.05) is 16.7 Å². The minimum atomic E-state index is -3.64. The number of sulfonamides is 1. The van der Waals surface area contributed by atoms with E-state index in [4.69, 9.17) is 16.7 Å². The van der Waals surface area contributed by atoms with Crippen molar-refractivity contribution in [3.63, 3.8) is 0 Å². The first-order valence-electron chi connectivity index (χ1n) is 6.11. The minimum Gasteiger partial charge on any atom is -1.00 e. The number of primary sulfonamides is 1. The van der Waals surface area contributed by atoms with E-state index in [2.05, 4.69) is 4.57 Å². The fourth-order valence-corrected chi connectivity index (χ4v) is 3.78. The van der Waals surface area contributed by atoms with Crippen LogP contribution in [0.1, 0.15) is 5.56 Å². The molecular weight excluding hydrogens is 408 g/mol. The van der Waals surface area contributed by atoms with E-state index in [1.54, 1.807) is 23.5 Å². The molecule has 2 aromatic carbocycles. The Labute approximate surface area is 148 Å². The van der Waals surface area contributed by atoms with E-state index in [1.165, 1.54) is 12.1 Å². The van der Waals surface area contributed by atoms with E-state index in [1.807, 2.05) is 23.7 Å². The van der Waals surface area contributed by atoms with Crippen LogP contribution in [0, 0.1) is 0 Å². The number of nitrogens with two attached hydrogens (primary N) is 1. The molecule has 1 heterocycles. The second kappa shape index (κ2) is 6.64. The highest BCUT2D eigenvalue weighted by atomic mass is 79.9. The Bertz CT molecular complexity index is 908. The van der Waals surface area contributed by atoms with Crippen LogP contribution in [0.2, 0.25) is 5.02 Å². The van der Waals surface area contributed by atoms with Crippen molar-refractivity contribution in [2.24, 2.45) is 5.14 Å². The van der Waals surface area contributed by atoms with Gasteiger partial charge >= 0.3 is 0 Å². The van der Waals surface area contributed by atoms with Crippen molar-refractivity contribution >= 4 is 43.2 Å². The molecule has 0 aliphatic heterocycles. The van der Waals surface area contributed by atoms with Crippen molar-refractivity contribution in [3.8, 4) is 0 Å². The smallest absolute Gasteiger partial charge is 0.238 e. The summed E-state index contributed by atoms with van der Waals surface area (Å²) in [5, 5.41) is 5.80. The molecule has 0 fully saturated rings. The van der Waals surface area contributed by atoms with Gasteiger partial charge < -0.3 is 17.0 Å². The molecule has 0 atom stereocenters. The number of hydrogen-bond donors (Lipinski definition) is 1. The molecule has 1 aromatic heterocycles. The van der Waals surface area contributed by atoms with Gasteiger partial charge in [-0.25, -0.2) is 13.6 Å². The maximum Gasteiger partial charge on any atom is 0.238 e. The fourth-order valence-electron chi connectivity index (χ4n) is 2.10. The number of fused-ring (bicyclic) bond motifs is 1. The van der Waals surface area contributed by atoms with Crippen molar-refractivity contribution < 1.29 is 30.0 Å². The third-order valence-electron chi connectivity index (χ3n) is 3.14. The Morgan fingerprint density at radius 2 is 1.82 bits per heavy atom. The molecule has 0 unspecified atom stereocenters. The summed E-state index contributed by atoms with van der Waals surface area (Å²) in [5.41, 5.74) is 4.12. The third kappa shape index (κ3) is 3.67. The number of hydrogen-bond acceptors (Lipinski definition) is 3. The van der Waals surface area contributed by atoms with Crippen LogP contribution in [-0.4, -0.2) is 8.42 Å². The van der Waals surface area contributed by atoms with Crippen LogP contribution in [0.25, 0.3) is 10.2 Å². The maximum atomic E-state index is 11.2. The summed E-state index contributed by atoms with van der Waals surface area (Å²) >= 11 is 7.59. The van der Waals surface area contributed by atoms with Gasteiger partial charge in [-0.1, -0.05) is 35.1 Å². The van der Waals surface area contributed by atoms with E-state index < -0.39 is 10.0 Å². The Hall–Kier alpha value is -0.990. The predicted octanol–water partition coefficient (Wildman–Crippen LogP) is -0.458. The molecule has 0 spiro atoms. The van der Waals surface area contributed by atoms with Gasteiger partial charge in [0.2, 0.25) is 21.1 Å². The van der Waals surface area contributed by atoms with Gasteiger partial charge in [0.1, 0.15) is 4.70 Å². The van der Waals surface area contributed by atoms with Crippen molar-refractivity contribution in [2.45, 2.75) is 11.4 Å². The first-order valence-corrected chi connectivity index (χ1v) is 8.92. The summed E-state index contributed by atoms with van der Waals surface area (Å²) in [6, 6.07) is 12.4. The summed E-state index contributed by atoms with van der Waals surface area (Å²) in [6.07, 6.45) is 0. The van der Waals surface area contributed by atoms with Gasteiger partial charge in [-0.2, -0.15) is 4.57 Å². The highest BCUT2D eigenvalue weighted by molar-refractivity contribution is 7.89. The zero-order valence-corrected chi connectivity index (χ0v) is 15.2. The van der Waals surface area contributed by atoms with Gasteiger partial charge in [-0.3, -0.25) is 0 Å². The van der Waals surface area contributed by atoms with E-state index in [9.17, 15) is 8.42 Å². The molecule has 8 heteroatoms. The SMILES string of the molecule is NS(=O)(=O)c1ccc(C[n+]2csc3cc(Cl)ccc32)cc1.[Br-]. The Morgan fingerprint density at radius 1 is 1.14 bits per heavy atom. The summed E-state index contributed by atoms with van der Waals surface area (Å²) < 4.78 is 25.7. The molecule has 0 saturated heterocycles. The Morgan fingerprint density at radius 3 is 2.45 bits per heavy atom. The van der Waals surface area contributed by atoms with Crippen LogP contribution >= 0.6 is 22.9 Å². The van der Waals surface area contributed by atoms with Crippen LogP contribution in [0.15, 0.2) is 52.9 Å². The van der Waals surface area contributed by atoms with Crippen LogP contribution < -0.4 is 26.7 Å². The normalized spacial score (nSPS) is 11.4. The lowest BCUT2D eigenvalue weighted by Crippen LogP contribution is -3.00. The van der Waals surface area contributed by atoms with Crippen molar-refractivity contribution in [1.29, 1.82) is 0 Å². The Balaban J connectivity index is 0.00000176. The lowest BCUT2D eigenvalue weighted by Gasteiger charge is -2.00. The molecular formula is C14H12BrClN2O2S2. The molecule has 0 saturated carbocycles. The first kappa shape index (κ1) is 17.4. The Kier molecular flexibility index (Phi) is 5.24. The van der Waals surface area contributed by atoms with E-state index >= 15 is 0 Å². The van der Waals surface area contributed by atoms with Crippen molar-refractivity contribution in [1.82, 2.24) is 0 Å². The molecule has 2 N–H and O–H groups in total. The number of halogens is 2. The number of benzene rings is 2. The van der Waals surface area contributed by atoms with Gasteiger partial charge in [-0.05, 0) is 24.3 Å². The lowest BCUT2D eigenvalue weighted by molar-refractivity contribution is -0.658. The highest BCUT2D eigenvalue weighted by Crippen LogP contribution is 2.21. The number of rotatable bonds is 3. The van der Waals surface area contributed by atoms with Crippen LogP contribution in [-0.2, 0) is 16.6 Å². The van der Waals surface area contributed by atoms with Crippen molar-refractivity contribution in [2.75, 3.05) is 0 Å². The minimum absolute atomic E-state index is 0. The molecule has 0 aliphatic carbocycles. The number of thiazole rings is 1. The lowest BCUT2D eigenvalue weighted by atomic mass is 10.2. The quantitative estimate of drug-likeness (QED) is 0.584. The van der Waals surface area contributed by atoms with Gasteiger partial charge in [-0.15, -0.1) is 0 Å². The molecule has 4 nitrogen and oxygen atoms in total. The monoisotopic (exact) mass is 418 g/mol. The van der Waals surface area contributed by atoms with Gasteiger partial charge in [0.05, 0.1) is 4.90 Å². The van der Waals surface area contributed by atoms with Crippen LogP contribution in [0.3, 0.4) is 0 Å². The average Bonchev–Trinajstić information content (AvgIpc) is 2.80. The predicted molar refractivity (Wildman–Crippen MR) is 83.9 cm³/mol.